The van der Waals surface area contributed by atoms with Gasteiger partial charge >= 0.3 is 5.97 Å². The van der Waals surface area contributed by atoms with Crippen LogP contribution in [-0.4, -0.2) is 29.8 Å². The van der Waals surface area contributed by atoms with Crippen molar-refractivity contribution in [3.05, 3.63) is 89.6 Å². The van der Waals surface area contributed by atoms with E-state index in [1.54, 1.807) is 13.0 Å². The van der Waals surface area contributed by atoms with Gasteiger partial charge in [-0.3, -0.25) is 0 Å². The zero-order chi connectivity index (χ0) is 22.1. The standard InChI is InChI=1S/C25H27NO5/c1-3-25(24(27)28,31-18-20-12-8-5-9-13-20)21-14-16-26-23(29-2)22(21)30-17-15-19-10-6-4-7-11-19/h4-14,16H,3,15,17-18H2,1-2H3,(H,27,28)/t25-/m0/s1. The van der Waals surface area contributed by atoms with E-state index >= 15 is 0 Å². The molecule has 6 heteroatoms. The Kier molecular flexibility index (Phi) is 7.62. The van der Waals surface area contributed by atoms with E-state index in [-0.39, 0.29) is 18.9 Å². The average Bonchev–Trinajstić information content (AvgIpc) is 2.81. The van der Waals surface area contributed by atoms with Crippen LogP contribution < -0.4 is 9.47 Å². The molecule has 0 radical (unpaired) electrons. The SMILES string of the molecule is CC[C@@](OCc1ccccc1)(C(=O)O)c1ccnc(OC)c1OCCc1ccccc1. The van der Waals surface area contributed by atoms with Gasteiger partial charge in [-0.25, -0.2) is 9.78 Å². The monoisotopic (exact) mass is 421 g/mol. The fourth-order valence-corrected chi connectivity index (χ4v) is 3.43. The van der Waals surface area contributed by atoms with Crippen LogP contribution in [0.15, 0.2) is 72.9 Å². The maximum atomic E-state index is 12.5. The number of rotatable bonds is 11. The average molecular weight is 421 g/mol. The Morgan fingerprint density at radius 2 is 1.65 bits per heavy atom. The Morgan fingerprint density at radius 1 is 1.00 bits per heavy atom. The number of benzene rings is 2. The highest BCUT2D eigenvalue weighted by Crippen LogP contribution is 2.41. The van der Waals surface area contributed by atoms with E-state index in [4.69, 9.17) is 14.2 Å². The van der Waals surface area contributed by atoms with Crippen LogP contribution in [0.5, 0.6) is 11.6 Å². The van der Waals surface area contributed by atoms with Crippen molar-refractivity contribution >= 4 is 5.97 Å². The smallest absolute Gasteiger partial charge is 0.340 e. The van der Waals surface area contributed by atoms with Gasteiger partial charge in [0.1, 0.15) is 0 Å². The van der Waals surface area contributed by atoms with E-state index in [9.17, 15) is 9.90 Å². The largest absolute Gasteiger partial charge is 0.487 e. The van der Waals surface area contributed by atoms with Gasteiger partial charge in [-0.05, 0) is 23.6 Å². The molecule has 0 bridgehead atoms. The van der Waals surface area contributed by atoms with E-state index in [1.165, 1.54) is 13.3 Å². The van der Waals surface area contributed by atoms with Gasteiger partial charge in [0.05, 0.1) is 20.3 Å². The Labute approximate surface area is 182 Å². The van der Waals surface area contributed by atoms with Gasteiger partial charge in [0.2, 0.25) is 0 Å². The fraction of sp³-hybridized carbons (Fsp3) is 0.280. The molecular formula is C25H27NO5. The summed E-state index contributed by atoms with van der Waals surface area (Å²) >= 11 is 0. The second-order valence-electron chi connectivity index (χ2n) is 7.04. The van der Waals surface area contributed by atoms with Gasteiger partial charge < -0.3 is 19.3 Å². The summed E-state index contributed by atoms with van der Waals surface area (Å²) < 4.78 is 17.5. The van der Waals surface area contributed by atoms with Crippen LogP contribution in [0, 0.1) is 0 Å². The lowest BCUT2D eigenvalue weighted by Crippen LogP contribution is -2.38. The third-order valence-electron chi connectivity index (χ3n) is 5.15. The van der Waals surface area contributed by atoms with E-state index in [0.717, 1.165) is 11.1 Å². The molecular weight excluding hydrogens is 394 g/mol. The number of hydrogen-bond acceptors (Lipinski definition) is 5. The van der Waals surface area contributed by atoms with Gasteiger partial charge in [-0.15, -0.1) is 0 Å². The number of nitrogens with zero attached hydrogens (tertiary/aromatic N) is 1. The van der Waals surface area contributed by atoms with Crippen molar-refractivity contribution in [3.63, 3.8) is 0 Å². The van der Waals surface area contributed by atoms with Crippen LogP contribution in [-0.2, 0) is 28.2 Å². The molecule has 6 nitrogen and oxygen atoms in total. The number of hydrogen-bond donors (Lipinski definition) is 1. The molecule has 0 aliphatic heterocycles. The van der Waals surface area contributed by atoms with E-state index in [0.29, 0.717) is 24.3 Å². The molecule has 0 amide bonds. The van der Waals surface area contributed by atoms with Crippen molar-refractivity contribution in [2.75, 3.05) is 13.7 Å². The van der Waals surface area contributed by atoms with Gasteiger partial charge in [-0.2, -0.15) is 0 Å². The van der Waals surface area contributed by atoms with Crippen LogP contribution >= 0.6 is 0 Å². The molecule has 0 spiro atoms. The third-order valence-corrected chi connectivity index (χ3v) is 5.15. The molecule has 2 aromatic carbocycles. The summed E-state index contributed by atoms with van der Waals surface area (Å²) in [4.78, 5) is 16.7. The molecule has 0 fully saturated rings. The lowest BCUT2D eigenvalue weighted by Gasteiger charge is -2.31. The molecule has 31 heavy (non-hydrogen) atoms. The van der Waals surface area contributed by atoms with Gasteiger partial charge in [0, 0.05) is 18.2 Å². The minimum atomic E-state index is -1.60. The summed E-state index contributed by atoms with van der Waals surface area (Å²) in [5.74, 6) is -0.571. The van der Waals surface area contributed by atoms with E-state index in [1.807, 2.05) is 60.7 Å². The molecule has 0 unspecified atom stereocenters. The zero-order valence-corrected chi connectivity index (χ0v) is 17.8. The molecule has 3 rings (SSSR count). The molecule has 0 saturated heterocycles. The second-order valence-corrected chi connectivity index (χ2v) is 7.04. The Balaban J connectivity index is 1.91. The van der Waals surface area contributed by atoms with Crippen molar-refractivity contribution in [2.24, 2.45) is 0 Å². The summed E-state index contributed by atoms with van der Waals surface area (Å²) in [5.41, 5.74) is 0.786. The lowest BCUT2D eigenvalue weighted by molar-refractivity contribution is -0.171. The van der Waals surface area contributed by atoms with E-state index in [2.05, 4.69) is 4.98 Å². The molecule has 0 saturated carbocycles. The van der Waals surface area contributed by atoms with Crippen LogP contribution in [0.3, 0.4) is 0 Å². The molecule has 0 aliphatic rings. The summed E-state index contributed by atoms with van der Waals surface area (Å²) in [6.45, 7) is 2.27. The lowest BCUT2D eigenvalue weighted by atomic mass is 9.90. The van der Waals surface area contributed by atoms with Crippen LogP contribution in [0.25, 0.3) is 0 Å². The van der Waals surface area contributed by atoms with Crippen LogP contribution in [0.4, 0.5) is 0 Å². The highest BCUT2D eigenvalue weighted by Gasteiger charge is 2.43. The molecule has 1 atom stereocenters. The Bertz CT molecular complexity index is 978. The van der Waals surface area contributed by atoms with Gasteiger partial charge in [0.15, 0.2) is 11.4 Å². The predicted octanol–water partition coefficient (Wildman–Crippen LogP) is 4.62. The molecule has 1 aromatic heterocycles. The summed E-state index contributed by atoms with van der Waals surface area (Å²) in [7, 11) is 1.48. The summed E-state index contributed by atoms with van der Waals surface area (Å²) in [6, 6.07) is 21.0. The summed E-state index contributed by atoms with van der Waals surface area (Å²) in [6.07, 6.45) is 2.38. The number of pyridine rings is 1. The van der Waals surface area contributed by atoms with Crippen molar-refractivity contribution < 1.29 is 24.1 Å². The first kappa shape index (κ1) is 22.3. The number of carbonyl (C=O) groups is 1. The minimum Gasteiger partial charge on any atom is -0.487 e. The minimum absolute atomic E-state index is 0.148. The number of ether oxygens (including phenoxy) is 3. The predicted molar refractivity (Wildman–Crippen MR) is 117 cm³/mol. The highest BCUT2D eigenvalue weighted by molar-refractivity contribution is 5.81. The maximum absolute atomic E-state index is 12.5. The maximum Gasteiger partial charge on any atom is 0.340 e. The van der Waals surface area contributed by atoms with Crippen molar-refractivity contribution in [1.82, 2.24) is 4.98 Å². The zero-order valence-electron chi connectivity index (χ0n) is 17.8. The fourth-order valence-electron chi connectivity index (χ4n) is 3.43. The quantitative estimate of drug-likeness (QED) is 0.487. The Hall–Kier alpha value is -3.38. The molecule has 1 N–H and O–H groups in total. The number of carboxylic acids is 1. The number of aliphatic carboxylic acids is 1. The van der Waals surface area contributed by atoms with E-state index < -0.39 is 11.6 Å². The van der Waals surface area contributed by atoms with Crippen LogP contribution in [0.1, 0.15) is 30.0 Å². The first-order valence-corrected chi connectivity index (χ1v) is 10.2. The number of methoxy groups -OCH3 is 1. The molecule has 162 valence electrons. The van der Waals surface area contributed by atoms with Gasteiger partial charge in [-0.1, -0.05) is 67.6 Å². The van der Waals surface area contributed by atoms with Crippen molar-refractivity contribution in [2.45, 2.75) is 32.0 Å². The highest BCUT2D eigenvalue weighted by atomic mass is 16.5. The summed E-state index contributed by atoms with van der Waals surface area (Å²) in [5, 5.41) is 10.2. The third kappa shape index (κ3) is 5.22. The second kappa shape index (κ2) is 10.6. The van der Waals surface area contributed by atoms with Gasteiger partial charge in [0.25, 0.3) is 5.88 Å². The molecule has 3 aromatic rings. The number of carboxylic acid groups (broad SMARTS) is 1. The number of aromatic nitrogens is 1. The topological polar surface area (TPSA) is 77.9 Å². The first-order chi connectivity index (χ1) is 15.1. The normalized spacial score (nSPS) is 12.7. The Morgan fingerprint density at radius 3 is 2.23 bits per heavy atom. The molecule has 0 aliphatic carbocycles. The van der Waals surface area contributed by atoms with Crippen LogP contribution in [0.2, 0.25) is 0 Å². The first-order valence-electron chi connectivity index (χ1n) is 10.2. The van der Waals surface area contributed by atoms with Crippen molar-refractivity contribution in [1.29, 1.82) is 0 Å². The van der Waals surface area contributed by atoms with Crippen molar-refractivity contribution in [3.8, 4) is 11.6 Å². The molecule has 1 heterocycles.